The van der Waals surface area contributed by atoms with Crippen molar-refractivity contribution in [1.82, 2.24) is 10.1 Å². The number of nitrogens with zero attached hydrogens (tertiary/aromatic N) is 3. The van der Waals surface area contributed by atoms with Gasteiger partial charge < -0.3 is 9.26 Å². The van der Waals surface area contributed by atoms with Crippen molar-refractivity contribution in [3.05, 3.63) is 11.7 Å². The lowest BCUT2D eigenvalue weighted by atomic mass is 10.1. The molecule has 1 heterocycles. The summed E-state index contributed by atoms with van der Waals surface area (Å²) in [7, 11) is 1.63. The number of aromatic nitrogens is 2. The second kappa shape index (κ2) is 6.23. The summed E-state index contributed by atoms with van der Waals surface area (Å²) < 4.78 is 10.4. The summed E-state index contributed by atoms with van der Waals surface area (Å²) in [6.45, 7) is 3.98. The van der Waals surface area contributed by atoms with Gasteiger partial charge >= 0.3 is 0 Å². The van der Waals surface area contributed by atoms with Gasteiger partial charge in [0.15, 0.2) is 0 Å². The maximum absolute atomic E-state index is 8.49. The maximum atomic E-state index is 8.49. The van der Waals surface area contributed by atoms with Gasteiger partial charge in [0.2, 0.25) is 11.7 Å². The number of hydrogen-bond donors (Lipinski definition) is 0. The highest BCUT2D eigenvalue weighted by Crippen LogP contribution is 2.22. The first-order valence-corrected chi connectivity index (χ1v) is 5.46. The van der Waals surface area contributed by atoms with Crippen LogP contribution in [0.3, 0.4) is 0 Å². The normalized spacial score (nSPS) is 14.4. The fourth-order valence-electron chi connectivity index (χ4n) is 1.44. The van der Waals surface area contributed by atoms with Crippen molar-refractivity contribution in [1.29, 1.82) is 5.26 Å². The van der Waals surface area contributed by atoms with E-state index in [1.807, 2.05) is 13.8 Å². The minimum atomic E-state index is -0.110. The molecule has 1 aromatic heterocycles. The predicted molar refractivity (Wildman–Crippen MR) is 57.6 cm³/mol. The Kier molecular flexibility index (Phi) is 4.93. The Balaban J connectivity index is 2.67. The van der Waals surface area contributed by atoms with Gasteiger partial charge in [0.25, 0.3) is 0 Å². The Morgan fingerprint density at radius 2 is 2.31 bits per heavy atom. The van der Waals surface area contributed by atoms with Crippen LogP contribution in [0.5, 0.6) is 0 Å². The zero-order chi connectivity index (χ0) is 12.0. The molecule has 2 unspecified atom stereocenters. The molecule has 0 aliphatic carbocycles. The van der Waals surface area contributed by atoms with Crippen molar-refractivity contribution in [3.8, 4) is 6.07 Å². The van der Waals surface area contributed by atoms with E-state index in [9.17, 15) is 0 Å². The zero-order valence-electron chi connectivity index (χ0n) is 9.93. The van der Waals surface area contributed by atoms with E-state index in [2.05, 4.69) is 16.2 Å². The van der Waals surface area contributed by atoms with Gasteiger partial charge in [0.1, 0.15) is 6.10 Å². The van der Waals surface area contributed by atoms with Crippen LogP contribution in [0.15, 0.2) is 4.52 Å². The molecule has 16 heavy (non-hydrogen) atoms. The number of nitriles is 1. The van der Waals surface area contributed by atoms with Gasteiger partial charge in [0.05, 0.1) is 6.07 Å². The first kappa shape index (κ1) is 12.7. The first-order valence-electron chi connectivity index (χ1n) is 5.46. The number of hydrogen-bond acceptors (Lipinski definition) is 5. The van der Waals surface area contributed by atoms with Crippen LogP contribution >= 0.6 is 0 Å². The van der Waals surface area contributed by atoms with Crippen molar-refractivity contribution < 1.29 is 9.26 Å². The molecule has 0 fully saturated rings. The highest BCUT2D eigenvalue weighted by Gasteiger charge is 2.19. The average Bonchev–Trinajstić information content (AvgIpc) is 2.77. The molecule has 0 amide bonds. The summed E-state index contributed by atoms with van der Waals surface area (Å²) in [5, 5.41) is 12.4. The molecule has 0 spiro atoms. The van der Waals surface area contributed by atoms with Crippen molar-refractivity contribution in [2.45, 2.75) is 45.1 Å². The van der Waals surface area contributed by atoms with E-state index in [0.717, 1.165) is 12.8 Å². The van der Waals surface area contributed by atoms with Crippen LogP contribution < -0.4 is 0 Å². The third kappa shape index (κ3) is 3.04. The Morgan fingerprint density at radius 3 is 2.88 bits per heavy atom. The third-order valence-corrected chi connectivity index (χ3v) is 2.51. The SMILES string of the molecule is CCC(OC)c1noc(C(C)CCC#N)n1. The van der Waals surface area contributed by atoms with Crippen molar-refractivity contribution in [2.24, 2.45) is 0 Å². The molecular weight excluding hydrogens is 206 g/mol. The summed E-state index contributed by atoms with van der Waals surface area (Å²) in [4.78, 5) is 4.29. The van der Waals surface area contributed by atoms with Crippen LogP contribution in [0.25, 0.3) is 0 Å². The molecule has 5 heteroatoms. The molecule has 1 aromatic rings. The molecule has 0 radical (unpaired) electrons. The molecule has 0 aromatic carbocycles. The Labute approximate surface area is 95.4 Å². The summed E-state index contributed by atoms with van der Waals surface area (Å²) in [6.07, 6.45) is 1.94. The van der Waals surface area contributed by atoms with Crippen LogP contribution in [0, 0.1) is 11.3 Å². The molecular formula is C11H17N3O2. The van der Waals surface area contributed by atoms with E-state index >= 15 is 0 Å². The average molecular weight is 223 g/mol. The summed E-state index contributed by atoms with van der Waals surface area (Å²) in [6, 6.07) is 2.11. The van der Waals surface area contributed by atoms with E-state index in [1.54, 1.807) is 7.11 Å². The largest absolute Gasteiger partial charge is 0.373 e. The third-order valence-electron chi connectivity index (χ3n) is 2.51. The number of ether oxygens (including phenoxy) is 1. The zero-order valence-corrected chi connectivity index (χ0v) is 9.93. The van der Waals surface area contributed by atoms with Gasteiger partial charge in [-0.25, -0.2) is 0 Å². The van der Waals surface area contributed by atoms with Gasteiger partial charge in [0, 0.05) is 19.4 Å². The van der Waals surface area contributed by atoms with E-state index in [-0.39, 0.29) is 12.0 Å². The highest BCUT2D eigenvalue weighted by atomic mass is 16.5. The second-order valence-corrected chi connectivity index (χ2v) is 3.72. The summed E-state index contributed by atoms with van der Waals surface area (Å²) in [5.74, 6) is 1.29. The van der Waals surface area contributed by atoms with E-state index in [4.69, 9.17) is 14.5 Å². The standard InChI is InChI=1S/C11H17N3O2/c1-4-9(15-3)10-13-11(16-14-10)8(2)6-5-7-12/h8-9H,4-6H2,1-3H3. The molecule has 0 bridgehead atoms. The van der Waals surface area contributed by atoms with E-state index < -0.39 is 0 Å². The lowest BCUT2D eigenvalue weighted by Crippen LogP contribution is -2.02. The fraction of sp³-hybridized carbons (Fsp3) is 0.727. The topological polar surface area (TPSA) is 71.9 Å². The molecule has 1 rings (SSSR count). The van der Waals surface area contributed by atoms with Gasteiger partial charge in [-0.2, -0.15) is 10.2 Å². The number of rotatable bonds is 6. The minimum absolute atomic E-state index is 0.110. The first-order chi connectivity index (χ1) is 7.72. The maximum Gasteiger partial charge on any atom is 0.229 e. The molecule has 0 aliphatic rings. The molecule has 0 saturated carbocycles. The van der Waals surface area contributed by atoms with Gasteiger partial charge in [-0.05, 0) is 12.8 Å². The molecule has 0 aliphatic heterocycles. The smallest absolute Gasteiger partial charge is 0.229 e. The monoisotopic (exact) mass is 223 g/mol. The van der Waals surface area contributed by atoms with E-state index in [0.29, 0.717) is 18.1 Å². The van der Waals surface area contributed by atoms with Gasteiger partial charge in [-0.3, -0.25) is 0 Å². The second-order valence-electron chi connectivity index (χ2n) is 3.72. The van der Waals surface area contributed by atoms with Crippen LogP contribution in [-0.4, -0.2) is 17.3 Å². The Bertz CT molecular complexity index is 352. The van der Waals surface area contributed by atoms with Gasteiger partial charge in [-0.15, -0.1) is 0 Å². The summed E-state index contributed by atoms with van der Waals surface area (Å²) in [5.41, 5.74) is 0. The van der Waals surface area contributed by atoms with Crippen LogP contribution in [-0.2, 0) is 4.74 Å². The lowest BCUT2D eigenvalue weighted by Gasteiger charge is -2.06. The molecule has 0 N–H and O–H groups in total. The van der Waals surface area contributed by atoms with Crippen LogP contribution in [0.1, 0.15) is 56.8 Å². The molecule has 2 atom stereocenters. The van der Waals surface area contributed by atoms with Crippen molar-refractivity contribution in [2.75, 3.05) is 7.11 Å². The predicted octanol–water partition coefficient (Wildman–Crippen LogP) is 2.57. The van der Waals surface area contributed by atoms with E-state index in [1.165, 1.54) is 0 Å². The summed E-state index contributed by atoms with van der Waals surface area (Å²) >= 11 is 0. The highest BCUT2D eigenvalue weighted by molar-refractivity contribution is 4.96. The Morgan fingerprint density at radius 1 is 1.56 bits per heavy atom. The molecule has 0 saturated heterocycles. The molecule has 5 nitrogen and oxygen atoms in total. The van der Waals surface area contributed by atoms with Crippen LogP contribution in [0.2, 0.25) is 0 Å². The van der Waals surface area contributed by atoms with Crippen molar-refractivity contribution >= 4 is 0 Å². The van der Waals surface area contributed by atoms with Crippen molar-refractivity contribution in [3.63, 3.8) is 0 Å². The molecule has 88 valence electrons. The Hall–Kier alpha value is -1.41. The van der Waals surface area contributed by atoms with Gasteiger partial charge in [-0.1, -0.05) is 19.0 Å². The number of methoxy groups -OCH3 is 1. The fourth-order valence-corrected chi connectivity index (χ4v) is 1.44. The minimum Gasteiger partial charge on any atom is -0.373 e. The lowest BCUT2D eigenvalue weighted by molar-refractivity contribution is 0.0903. The van der Waals surface area contributed by atoms with Crippen LogP contribution in [0.4, 0.5) is 0 Å². The quantitative estimate of drug-likeness (QED) is 0.741.